The number of nitrogens with zero attached hydrogens (tertiary/aromatic N) is 2. The third-order valence-corrected chi connectivity index (χ3v) is 2.22. The van der Waals surface area contributed by atoms with Gasteiger partial charge < -0.3 is 11.1 Å². The smallest absolute Gasteiger partial charge is 0.383 e. The van der Waals surface area contributed by atoms with Gasteiger partial charge in [0.2, 0.25) is 0 Å². The average Bonchev–Trinajstić information content (AvgIpc) is 2.10. The zero-order valence-corrected chi connectivity index (χ0v) is 9.89. The Kier molecular flexibility index (Phi) is 3.79. The maximum absolute atomic E-state index is 12.2. The molecule has 0 radical (unpaired) electrons. The molecule has 1 aromatic heterocycles. The van der Waals surface area contributed by atoms with Crippen LogP contribution in [-0.4, -0.2) is 22.2 Å². The Hall–Kier alpha value is -1.53. The van der Waals surface area contributed by atoms with E-state index in [0.29, 0.717) is 17.2 Å². The van der Waals surface area contributed by atoms with Crippen molar-refractivity contribution < 1.29 is 13.2 Å². The normalized spacial score (nSPS) is 13.5. The summed E-state index contributed by atoms with van der Waals surface area (Å²) in [6.07, 6.45) is -5.12. The summed E-state index contributed by atoms with van der Waals surface area (Å²) in [5, 5.41) is 2.70. The van der Waals surface area contributed by atoms with Gasteiger partial charge in [-0.1, -0.05) is 0 Å². The summed E-state index contributed by atoms with van der Waals surface area (Å²) >= 11 is 0. The van der Waals surface area contributed by atoms with Crippen LogP contribution in [0.2, 0.25) is 0 Å². The van der Waals surface area contributed by atoms with Gasteiger partial charge in [0.05, 0.1) is 6.42 Å². The van der Waals surface area contributed by atoms with E-state index >= 15 is 0 Å². The van der Waals surface area contributed by atoms with Crippen LogP contribution in [0.3, 0.4) is 0 Å². The number of alkyl halides is 3. The van der Waals surface area contributed by atoms with E-state index in [1.165, 1.54) is 6.92 Å². The molecule has 1 heterocycles. The van der Waals surface area contributed by atoms with E-state index in [1.807, 2.05) is 0 Å². The number of hydrogen-bond donors (Lipinski definition) is 2. The first-order valence-electron chi connectivity index (χ1n) is 5.13. The molecule has 0 fully saturated rings. The molecule has 0 aromatic carbocycles. The number of nitrogens with one attached hydrogen (secondary N) is 1. The molecule has 1 aromatic rings. The van der Waals surface area contributed by atoms with E-state index in [0.717, 1.165) is 0 Å². The minimum Gasteiger partial charge on any atom is -0.383 e. The first-order chi connectivity index (χ1) is 7.69. The molecular weight excluding hydrogens is 233 g/mol. The van der Waals surface area contributed by atoms with Gasteiger partial charge in [0.15, 0.2) is 0 Å². The zero-order chi connectivity index (χ0) is 13.2. The fourth-order valence-corrected chi connectivity index (χ4v) is 1.42. The molecular formula is C10H15F3N4. The maximum atomic E-state index is 12.2. The summed E-state index contributed by atoms with van der Waals surface area (Å²) in [6, 6.07) is -0.762. The standard InChI is InChI=1S/C10H15F3N4/c1-5(4-10(11,12)13)15-9-6(2)8(14)16-7(3)17-9/h5H,4H2,1-3H3,(H3,14,15,16,17). The van der Waals surface area contributed by atoms with Crippen molar-refractivity contribution in [2.24, 2.45) is 0 Å². The lowest BCUT2D eigenvalue weighted by Crippen LogP contribution is -2.25. The van der Waals surface area contributed by atoms with Crippen molar-refractivity contribution in [1.82, 2.24) is 9.97 Å². The Morgan fingerprint density at radius 2 is 1.88 bits per heavy atom. The van der Waals surface area contributed by atoms with Gasteiger partial charge in [0.1, 0.15) is 17.5 Å². The lowest BCUT2D eigenvalue weighted by Gasteiger charge is -2.18. The largest absolute Gasteiger partial charge is 0.391 e. The molecule has 1 rings (SSSR count). The Labute approximate surface area is 97.4 Å². The summed E-state index contributed by atoms with van der Waals surface area (Å²) in [5.74, 6) is 1.06. The number of halogens is 3. The van der Waals surface area contributed by atoms with Crippen LogP contribution in [0.5, 0.6) is 0 Å². The molecule has 0 bridgehead atoms. The van der Waals surface area contributed by atoms with E-state index in [9.17, 15) is 13.2 Å². The molecule has 0 aliphatic rings. The number of nitrogen functional groups attached to an aromatic ring is 1. The fourth-order valence-electron chi connectivity index (χ4n) is 1.42. The third-order valence-electron chi connectivity index (χ3n) is 2.22. The van der Waals surface area contributed by atoms with Crippen LogP contribution in [0.25, 0.3) is 0 Å². The second-order valence-electron chi connectivity index (χ2n) is 3.99. The number of rotatable bonds is 3. The Balaban J connectivity index is 2.81. The molecule has 0 aliphatic carbocycles. The van der Waals surface area contributed by atoms with Crippen molar-refractivity contribution in [2.75, 3.05) is 11.1 Å². The summed E-state index contributed by atoms with van der Waals surface area (Å²) in [4.78, 5) is 7.95. The predicted octanol–water partition coefficient (Wildman–Crippen LogP) is 2.43. The highest BCUT2D eigenvalue weighted by Crippen LogP contribution is 2.24. The van der Waals surface area contributed by atoms with E-state index in [-0.39, 0.29) is 5.82 Å². The lowest BCUT2D eigenvalue weighted by molar-refractivity contribution is -0.136. The molecule has 1 unspecified atom stereocenters. The SMILES string of the molecule is Cc1nc(N)c(C)c(NC(C)CC(F)(F)F)n1. The van der Waals surface area contributed by atoms with Crippen molar-refractivity contribution in [1.29, 1.82) is 0 Å². The molecule has 0 saturated heterocycles. The summed E-state index contributed by atoms with van der Waals surface area (Å²) in [5.41, 5.74) is 6.17. The quantitative estimate of drug-likeness (QED) is 0.862. The second kappa shape index (κ2) is 4.77. The number of anilines is 2. The third kappa shape index (κ3) is 4.08. The Bertz CT molecular complexity index is 403. The van der Waals surface area contributed by atoms with Crippen LogP contribution in [0.4, 0.5) is 24.8 Å². The minimum absolute atomic E-state index is 0.277. The van der Waals surface area contributed by atoms with E-state index < -0.39 is 18.6 Å². The highest BCUT2D eigenvalue weighted by atomic mass is 19.4. The van der Waals surface area contributed by atoms with Crippen LogP contribution >= 0.6 is 0 Å². The molecule has 4 nitrogen and oxygen atoms in total. The summed E-state index contributed by atoms with van der Waals surface area (Å²) < 4.78 is 36.5. The zero-order valence-electron chi connectivity index (χ0n) is 9.89. The van der Waals surface area contributed by atoms with Crippen molar-refractivity contribution in [3.63, 3.8) is 0 Å². The molecule has 0 spiro atoms. The highest BCUT2D eigenvalue weighted by molar-refractivity contribution is 5.55. The van der Waals surface area contributed by atoms with Crippen LogP contribution in [0.15, 0.2) is 0 Å². The fraction of sp³-hybridized carbons (Fsp3) is 0.600. The highest BCUT2D eigenvalue weighted by Gasteiger charge is 2.30. The maximum Gasteiger partial charge on any atom is 0.391 e. The Morgan fingerprint density at radius 3 is 2.41 bits per heavy atom. The Morgan fingerprint density at radius 1 is 1.29 bits per heavy atom. The van der Waals surface area contributed by atoms with E-state index in [4.69, 9.17) is 5.73 Å². The van der Waals surface area contributed by atoms with Crippen LogP contribution in [0.1, 0.15) is 24.7 Å². The molecule has 0 saturated carbocycles. The van der Waals surface area contributed by atoms with E-state index in [1.54, 1.807) is 13.8 Å². The first-order valence-corrected chi connectivity index (χ1v) is 5.13. The van der Waals surface area contributed by atoms with Crippen LogP contribution in [0, 0.1) is 13.8 Å². The molecule has 0 aliphatic heterocycles. The second-order valence-corrected chi connectivity index (χ2v) is 3.99. The molecule has 7 heteroatoms. The van der Waals surface area contributed by atoms with Crippen molar-refractivity contribution in [3.05, 3.63) is 11.4 Å². The molecule has 96 valence electrons. The van der Waals surface area contributed by atoms with Gasteiger partial charge >= 0.3 is 6.18 Å². The van der Waals surface area contributed by atoms with Gasteiger partial charge in [0, 0.05) is 11.6 Å². The molecule has 0 amide bonds. The summed E-state index contributed by atoms with van der Waals surface area (Å²) in [6.45, 7) is 4.74. The van der Waals surface area contributed by atoms with Gasteiger partial charge in [-0.25, -0.2) is 9.97 Å². The van der Waals surface area contributed by atoms with Crippen LogP contribution < -0.4 is 11.1 Å². The molecule has 1 atom stereocenters. The minimum atomic E-state index is -4.20. The summed E-state index contributed by atoms with van der Waals surface area (Å²) in [7, 11) is 0. The number of nitrogens with two attached hydrogens (primary N) is 1. The average molecular weight is 248 g/mol. The van der Waals surface area contributed by atoms with Gasteiger partial charge in [-0.2, -0.15) is 13.2 Å². The topological polar surface area (TPSA) is 63.8 Å². The molecule has 17 heavy (non-hydrogen) atoms. The predicted molar refractivity (Wildman–Crippen MR) is 59.7 cm³/mol. The van der Waals surface area contributed by atoms with Gasteiger partial charge in [-0.3, -0.25) is 0 Å². The monoisotopic (exact) mass is 248 g/mol. The van der Waals surface area contributed by atoms with Gasteiger partial charge in [-0.05, 0) is 20.8 Å². The van der Waals surface area contributed by atoms with Gasteiger partial charge in [-0.15, -0.1) is 0 Å². The molecule has 3 N–H and O–H groups in total. The van der Waals surface area contributed by atoms with Crippen molar-refractivity contribution >= 4 is 11.6 Å². The number of aryl methyl sites for hydroxylation is 1. The number of aromatic nitrogens is 2. The van der Waals surface area contributed by atoms with Crippen LogP contribution in [-0.2, 0) is 0 Å². The van der Waals surface area contributed by atoms with Crippen molar-refractivity contribution in [2.45, 2.75) is 39.4 Å². The number of hydrogen-bond acceptors (Lipinski definition) is 4. The first kappa shape index (κ1) is 13.5. The lowest BCUT2D eigenvalue weighted by atomic mass is 10.2. The van der Waals surface area contributed by atoms with E-state index in [2.05, 4.69) is 15.3 Å². The van der Waals surface area contributed by atoms with Crippen molar-refractivity contribution in [3.8, 4) is 0 Å². The van der Waals surface area contributed by atoms with Gasteiger partial charge in [0.25, 0.3) is 0 Å².